The zero-order valence-electron chi connectivity index (χ0n) is 14.7. The summed E-state index contributed by atoms with van der Waals surface area (Å²) in [6.07, 6.45) is 3.89. The minimum absolute atomic E-state index is 0.00289. The van der Waals surface area contributed by atoms with Crippen molar-refractivity contribution >= 4 is 5.96 Å². The number of aliphatic imine (C=N–C) groups is 1. The normalized spacial score (nSPS) is 14.2. The molecule has 0 aromatic heterocycles. The Morgan fingerprint density at radius 1 is 1.19 bits per heavy atom. The summed E-state index contributed by atoms with van der Waals surface area (Å²) in [6.45, 7) is 21.1. The van der Waals surface area contributed by atoms with Crippen LogP contribution in [0.3, 0.4) is 0 Å². The van der Waals surface area contributed by atoms with Crippen molar-refractivity contribution in [2.75, 3.05) is 26.7 Å². The van der Waals surface area contributed by atoms with Crippen molar-refractivity contribution in [1.29, 1.82) is 0 Å². The molecule has 0 aliphatic carbocycles. The van der Waals surface area contributed by atoms with E-state index in [4.69, 9.17) is 0 Å². The fourth-order valence-corrected chi connectivity index (χ4v) is 2.20. The van der Waals surface area contributed by atoms with Crippen LogP contribution in [0.15, 0.2) is 30.3 Å². The summed E-state index contributed by atoms with van der Waals surface area (Å²) in [5, 5.41) is 6.82. The molecule has 0 aliphatic heterocycles. The third kappa shape index (κ3) is 8.56. The van der Waals surface area contributed by atoms with Crippen LogP contribution in [-0.4, -0.2) is 49.1 Å². The molecule has 0 aromatic carbocycles. The largest absolute Gasteiger partial charge is 0.355 e. The maximum Gasteiger partial charge on any atom is 0.191 e. The van der Waals surface area contributed by atoms with Gasteiger partial charge in [0.1, 0.15) is 0 Å². The van der Waals surface area contributed by atoms with Crippen molar-refractivity contribution in [3.63, 3.8) is 0 Å². The van der Waals surface area contributed by atoms with Gasteiger partial charge >= 0.3 is 0 Å². The molecule has 0 amide bonds. The van der Waals surface area contributed by atoms with Crippen LogP contribution in [-0.2, 0) is 0 Å². The first-order chi connectivity index (χ1) is 9.75. The van der Waals surface area contributed by atoms with Gasteiger partial charge in [0.05, 0.1) is 0 Å². The topological polar surface area (TPSA) is 39.7 Å². The Morgan fingerprint density at radius 3 is 2.05 bits per heavy atom. The molecule has 0 radical (unpaired) electrons. The lowest BCUT2D eigenvalue weighted by atomic mass is 10.0. The van der Waals surface area contributed by atoms with Crippen LogP contribution in [0, 0.1) is 5.92 Å². The highest BCUT2D eigenvalue weighted by Gasteiger charge is 2.21. The van der Waals surface area contributed by atoms with Gasteiger partial charge in [-0.05, 0) is 26.7 Å². The Hall–Kier alpha value is -1.29. The molecule has 0 saturated heterocycles. The van der Waals surface area contributed by atoms with Crippen molar-refractivity contribution < 1.29 is 0 Å². The summed E-state index contributed by atoms with van der Waals surface area (Å²) < 4.78 is 0. The van der Waals surface area contributed by atoms with Gasteiger partial charge < -0.3 is 10.6 Å². The second-order valence-electron chi connectivity index (χ2n) is 6.67. The van der Waals surface area contributed by atoms with Crippen LogP contribution >= 0.6 is 0 Å². The maximum absolute atomic E-state index is 4.29. The predicted molar refractivity (Wildman–Crippen MR) is 94.8 cm³/mol. The highest BCUT2D eigenvalue weighted by molar-refractivity contribution is 5.80. The Bertz CT molecular complexity index is 329. The summed E-state index contributed by atoms with van der Waals surface area (Å²) in [5.74, 6) is 1.37. The lowest BCUT2D eigenvalue weighted by molar-refractivity contribution is 0.190. The first kappa shape index (κ1) is 19.7. The number of nitrogens with zero attached hydrogens (tertiary/aromatic N) is 2. The molecule has 0 bridgehead atoms. The van der Waals surface area contributed by atoms with Crippen molar-refractivity contribution in [3.05, 3.63) is 25.3 Å². The molecule has 2 N–H and O–H groups in total. The number of hydrogen-bond donors (Lipinski definition) is 2. The molecule has 0 rings (SSSR count). The summed E-state index contributed by atoms with van der Waals surface area (Å²) in [5.41, 5.74) is -0.00289. The van der Waals surface area contributed by atoms with E-state index in [1.54, 1.807) is 7.05 Å². The molecule has 1 atom stereocenters. The number of guanidine groups is 1. The molecule has 21 heavy (non-hydrogen) atoms. The minimum atomic E-state index is -0.00289. The van der Waals surface area contributed by atoms with E-state index in [0.29, 0.717) is 12.0 Å². The molecule has 0 aliphatic rings. The van der Waals surface area contributed by atoms with Gasteiger partial charge in [0.25, 0.3) is 0 Å². The Morgan fingerprint density at radius 2 is 1.71 bits per heavy atom. The van der Waals surface area contributed by atoms with E-state index in [0.717, 1.165) is 25.6 Å². The summed E-state index contributed by atoms with van der Waals surface area (Å²) in [6, 6.07) is 0.402. The number of hydrogen-bond acceptors (Lipinski definition) is 2. The number of nitrogens with one attached hydrogen (secondary N) is 2. The molecular weight excluding hydrogens is 260 g/mol. The highest BCUT2D eigenvalue weighted by Crippen LogP contribution is 2.10. The molecule has 0 fully saturated rings. The Labute approximate surface area is 131 Å². The predicted octanol–water partition coefficient (Wildman–Crippen LogP) is 2.65. The first-order valence-corrected chi connectivity index (χ1v) is 7.69. The number of rotatable bonds is 8. The van der Waals surface area contributed by atoms with E-state index in [2.05, 4.69) is 68.3 Å². The van der Waals surface area contributed by atoms with Gasteiger partial charge in [-0.2, -0.15) is 0 Å². The van der Waals surface area contributed by atoms with E-state index in [1.807, 2.05) is 12.2 Å². The molecule has 0 spiro atoms. The monoisotopic (exact) mass is 294 g/mol. The molecule has 122 valence electrons. The Balaban J connectivity index is 4.76. The van der Waals surface area contributed by atoms with Crippen LogP contribution in [0.4, 0.5) is 0 Å². The van der Waals surface area contributed by atoms with Gasteiger partial charge in [0.15, 0.2) is 5.96 Å². The average molecular weight is 294 g/mol. The van der Waals surface area contributed by atoms with Crippen molar-refractivity contribution in [2.24, 2.45) is 10.9 Å². The van der Waals surface area contributed by atoms with Gasteiger partial charge in [-0.3, -0.25) is 9.89 Å². The maximum atomic E-state index is 4.29. The van der Waals surface area contributed by atoms with Crippen LogP contribution in [0.2, 0.25) is 0 Å². The quantitative estimate of drug-likeness (QED) is 0.411. The minimum Gasteiger partial charge on any atom is -0.355 e. The standard InChI is InChI=1S/C17H34N4/c1-9-11-21(12-10-2)15(14(3)4)13-19-16(18-8)20-17(5,6)7/h9-10,14-15H,1-2,11-13H2,3-8H3,(H2,18,19,20). The molecular formula is C17H34N4. The Kier molecular flexibility index (Phi) is 9.02. The zero-order valence-corrected chi connectivity index (χ0v) is 14.7. The van der Waals surface area contributed by atoms with Crippen molar-refractivity contribution in [3.8, 4) is 0 Å². The highest BCUT2D eigenvalue weighted by atomic mass is 15.2. The summed E-state index contributed by atoms with van der Waals surface area (Å²) in [4.78, 5) is 6.67. The van der Waals surface area contributed by atoms with Gasteiger partial charge in [-0.25, -0.2) is 0 Å². The molecule has 0 saturated carbocycles. The zero-order chi connectivity index (χ0) is 16.5. The second kappa shape index (κ2) is 9.61. The van der Waals surface area contributed by atoms with E-state index in [1.165, 1.54) is 0 Å². The lowest BCUT2D eigenvalue weighted by Gasteiger charge is -2.34. The average Bonchev–Trinajstić information content (AvgIpc) is 2.36. The van der Waals surface area contributed by atoms with E-state index in [-0.39, 0.29) is 5.54 Å². The fraction of sp³-hybridized carbons (Fsp3) is 0.706. The summed E-state index contributed by atoms with van der Waals surface area (Å²) in [7, 11) is 1.80. The third-order valence-electron chi connectivity index (χ3n) is 3.16. The van der Waals surface area contributed by atoms with Gasteiger partial charge in [0.2, 0.25) is 0 Å². The molecule has 0 heterocycles. The molecule has 4 nitrogen and oxygen atoms in total. The molecule has 1 unspecified atom stereocenters. The van der Waals surface area contributed by atoms with E-state index < -0.39 is 0 Å². The molecule has 0 aromatic rings. The fourth-order valence-electron chi connectivity index (χ4n) is 2.20. The van der Waals surface area contributed by atoms with Crippen molar-refractivity contribution in [2.45, 2.75) is 46.2 Å². The van der Waals surface area contributed by atoms with Crippen LogP contribution < -0.4 is 10.6 Å². The van der Waals surface area contributed by atoms with E-state index in [9.17, 15) is 0 Å². The van der Waals surface area contributed by atoms with Crippen LogP contribution in [0.5, 0.6) is 0 Å². The van der Waals surface area contributed by atoms with Gasteiger partial charge in [-0.15, -0.1) is 13.2 Å². The van der Waals surface area contributed by atoms with Gasteiger partial charge in [-0.1, -0.05) is 26.0 Å². The second-order valence-corrected chi connectivity index (χ2v) is 6.67. The SMILES string of the molecule is C=CCN(CC=C)C(CNC(=NC)NC(C)(C)C)C(C)C. The lowest BCUT2D eigenvalue weighted by Crippen LogP contribution is -2.52. The summed E-state index contributed by atoms with van der Waals surface area (Å²) >= 11 is 0. The van der Waals surface area contributed by atoms with Crippen LogP contribution in [0.25, 0.3) is 0 Å². The molecule has 4 heteroatoms. The van der Waals surface area contributed by atoms with Gasteiger partial charge in [0, 0.05) is 38.3 Å². The van der Waals surface area contributed by atoms with Crippen LogP contribution in [0.1, 0.15) is 34.6 Å². The smallest absolute Gasteiger partial charge is 0.191 e. The first-order valence-electron chi connectivity index (χ1n) is 7.69. The van der Waals surface area contributed by atoms with E-state index >= 15 is 0 Å². The van der Waals surface area contributed by atoms with Crippen molar-refractivity contribution in [1.82, 2.24) is 15.5 Å². The third-order valence-corrected chi connectivity index (χ3v) is 3.16.